The predicted octanol–water partition coefficient (Wildman–Crippen LogP) is 3.36. The second kappa shape index (κ2) is 7.31. The number of nitrogens with one attached hydrogen (secondary N) is 1. The number of H-pyrrole nitrogens is 1. The summed E-state index contributed by atoms with van der Waals surface area (Å²) in [6.45, 7) is 12.8. The molecular weight excluding hydrogens is 340 g/mol. The number of benzene rings is 1. The molecule has 2 aliphatic rings. The number of nitrogens with zero attached hydrogens (tertiary/aromatic N) is 3. The fourth-order valence-electron chi connectivity index (χ4n) is 3.36. The van der Waals surface area contributed by atoms with Crippen molar-refractivity contribution in [2.45, 2.75) is 40.7 Å². The van der Waals surface area contributed by atoms with E-state index in [1.807, 2.05) is 49.6 Å². The second-order valence-electron chi connectivity index (χ2n) is 7.16. The molecule has 1 atom stereocenters. The van der Waals surface area contributed by atoms with Crippen molar-refractivity contribution in [2.24, 2.45) is 5.92 Å². The van der Waals surface area contributed by atoms with Crippen molar-refractivity contribution in [3.63, 3.8) is 0 Å². The topological polar surface area (TPSA) is 80.6 Å². The first-order chi connectivity index (χ1) is 12.8. The molecule has 0 amide bonds. The van der Waals surface area contributed by atoms with Crippen LogP contribution in [0.2, 0.25) is 0 Å². The monoisotopic (exact) mass is 364 g/mol. The van der Waals surface area contributed by atoms with Crippen molar-refractivity contribution >= 4 is 11.0 Å². The van der Waals surface area contributed by atoms with E-state index in [4.69, 9.17) is 0 Å². The van der Waals surface area contributed by atoms with Crippen molar-refractivity contribution in [2.75, 3.05) is 0 Å². The number of hydrogen-bond donors (Lipinski definition) is 1. The Morgan fingerprint density at radius 3 is 2.67 bits per heavy atom. The Morgan fingerprint density at radius 2 is 1.96 bits per heavy atom. The number of fused-ring (bicyclic) bond motifs is 2. The van der Waals surface area contributed by atoms with Crippen molar-refractivity contribution in [3.05, 3.63) is 68.4 Å². The fourth-order valence-corrected chi connectivity index (χ4v) is 3.36. The van der Waals surface area contributed by atoms with Gasteiger partial charge in [0.25, 0.3) is 5.56 Å². The van der Waals surface area contributed by atoms with Gasteiger partial charge in [0.05, 0.1) is 11.0 Å². The summed E-state index contributed by atoms with van der Waals surface area (Å²) in [7, 11) is 0. The van der Waals surface area contributed by atoms with Crippen molar-refractivity contribution in [1.82, 2.24) is 19.5 Å². The molecule has 1 unspecified atom stereocenters. The van der Waals surface area contributed by atoms with Crippen LogP contribution >= 0.6 is 0 Å². The van der Waals surface area contributed by atoms with Crippen LogP contribution in [0.5, 0.6) is 0 Å². The fraction of sp³-hybridized carbons (Fsp3) is 0.333. The normalized spacial score (nSPS) is 12.9. The molecule has 6 nitrogen and oxygen atoms in total. The van der Waals surface area contributed by atoms with E-state index < -0.39 is 11.2 Å². The van der Waals surface area contributed by atoms with E-state index in [0.29, 0.717) is 12.4 Å². The van der Waals surface area contributed by atoms with E-state index in [1.54, 1.807) is 0 Å². The third-order valence-electron chi connectivity index (χ3n) is 4.73. The van der Waals surface area contributed by atoms with Crippen LogP contribution in [0.4, 0.5) is 0 Å². The standard InChI is InChI=1S/C21H24N4O2/c1-6-7-12(2)8-13(3)11-25-17-10-15(5)14(4)9-16(17)22-18-19(25)23-21(27)24-20(18)26/h6-7,9-10,13H,2,8,11H2,1,3-5H3,(H,24,26,27)/b7-6-. The van der Waals surface area contributed by atoms with Gasteiger partial charge in [0.15, 0.2) is 11.5 Å². The van der Waals surface area contributed by atoms with Crippen LogP contribution in [-0.4, -0.2) is 19.5 Å². The van der Waals surface area contributed by atoms with Crippen LogP contribution in [0.3, 0.4) is 0 Å². The lowest BCUT2D eigenvalue weighted by Crippen LogP contribution is -2.29. The van der Waals surface area contributed by atoms with Gasteiger partial charge in [0.2, 0.25) is 0 Å². The second-order valence-corrected chi connectivity index (χ2v) is 7.16. The Morgan fingerprint density at radius 1 is 1.26 bits per heavy atom. The third-order valence-corrected chi connectivity index (χ3v) is 4.73. The minimum Gasteiger partial charge on any atom is -0.322 e. The lowest BCUT2D eigenvalue weighted by molar-refractivity contribution is 0.487. The van der Waals surface area contributed by atoms with E-state index in [1.165, 1.54) is 0 Å². The minimum absolute atomic E-state index is 0.185. The number of aromatic nitrogens is 4. The quantitative estimate of drug-likeness (QED) is 0.556. The van der Waals surface area contributed by atoms with Gasteiger partial charge >= 0.3 is 5.69 Å². The van der Waals surface area contributed by atoms with Crippen LogP contribution in [0.1, 0.15) is 31.4 Å². The van der Waals surface area contributed by atoms with E-state index in [9.17, 15) is 9.59 Å². The summed E-state index contributed by atoms with van der Waals surface area (Å²) in [5.41, 5.74) is 3.86. The summed E-state index contributed by atoms with van der Waals surface area (Å²) in [4.78, 5) is 34.9. The Balaban J connectivity index is 2.23. The summed E-state index contributed by atoms with van der Waals surface area (Å²) in [6, 6.07) is 4.01. The van der Waals surface area contributed by atoms with Gasteiger partial charge in [-0.2, -0.15) is 4.98 Å². The average molecular weight is 364 g/mol. The molecule has 0 aliphatic carbocycles. The molecule has 0 saturated heterocycles. The molecule has 0 bridgehead atoms. The molecule has 2 aliphatic heterocycles. The van der Waals surface area contributed by atoms with E-state index in [0.717, 1.165) is 34.2 Å². The highest BCUT2D eigenvalue weighted by atomic mass is 16.2. The molecule has 27 heavy (non-hydrogen) atoms. The zero-order chi connectivity index (χ0) is 19.7. The molecule has 1 N–H and O–H groups in total. The zero-order valence-corrected chi connectivity index (χ0v) is 16.2. The van der Waals surface area contributed by atoms with Crippen molar-refractivity contribution < 1.29 is 0 Å². The van der Waals surface area contributed by atoms with Crippen molar-refractivity contribution in [3.8, 4) is 11.5 Å². The molecule has 0 saturated carbocycles. The maximum atomic E-state index is 12.3. The Kier molecular flexibility index (Phi) is 5.08. The number of rotatable bonds is 5. The molecule has 140 valence electrons. The smallest absolute Gasteiger partial charge is 0.322 e. The molecular formula is C21H24N4O2. The summed E-state index contributed by atoms with van der Waals surface area (Å²) in [6.07, 6.45) is 4.77. The van der Waals surface area contributed by atoms with E-state index >= 15 is 0 Å². The lowest BCUT2D eigenvalue weighted by atomic mass is 10.0. The first-order valence-corrected chi connectivity index (χ1v) is 9.02. The molecule has 2 heterocycles. The highest BCUT2D eigenvalue weighted by Crippen LogP contribution is 2.26. The molecule has 0 aromatic heterocycles. The van der Waals surface area contributed by atoms with Crippen LogP contribution in [-0.2, 0) is 6.54 Å². The first kappa shape index (κ1) is 18.8. The predicted molar refractivity (Wildman–Crippen MR) is 108 cm³/mol. The highest BCUT2D eigenvalue weighted by molar-refractivity contribution is 5.81. The largest absolute Gasteiger partial charge is 0.349 e. The highest BCUT2D eigenvalue weighted by Gasteiger charge is 2.20. The van der Waals surface area contributed by atoms with Gasteiger partial charge in [0.1, 0.15) is 0 Å². The van der Waals surface area contributed by atoms with Crippen LogP contribution in [0.25, 0.3) is 22.6 Å². The Labute approximate surface area is 157 Å². The number of aromatic amines is 1. The Hall–Kier alpha value is -3.02. The minimum atomic E-state index is -0.655. The SMILES string of the molecule is C=C(/C=C\C)CC(C)Cn1c2nc(=O)[nH]c(=O)c-2nc2cc(C)c(C)cc21. The maximum absolute atomic E-state index is 12.3. The molecule has 1 aromatic carbocycles. The summed E-state index contributed by atoms with van der Waals surface area (Å²) in [5.74, 6) is 0.563. The van der Waals surface area contributed by atoms with Gasteiger partial charge in [-0.3, -0.25) is 9.78 Å². The Bertz CT molecular complexity index is 1140. The molecule has 6 heteroatoms. The van der Waals surface area contributed by atoms with Gasteiger partial charge in [-0.15, -0.1) is 0 Å². The van der Waals surface area contributed by atoms with Gasteiger partial charge in [0, 0.05) is 6.54 Å². The lowest BCUT2D eigenvalue weighted by Gasteiger charge is -2.21. The van der Waals surface area contributed by atoms with E-state index in [-0.39, 0.29) is 11.6 Å². The maximum Gasteiger partial charge on any atom is 0.349 e. The molecule has 3 rings (SSSR count). The number of hydrogen-bond acceptors (Lipinski definition) is 4. The molecule has 0 spiro atoms. The number of allylic oxidation sites excluding steroid dienone is 3. The molecule has 1 aromatic rings. The van der Waals surface area contributed by atoms with Gasteiger partial charge < -0.3 is 4.57 Å². The molecule has 0 fully saturated rings. The summed E-state index contributed by atoms with van der Waals surface area (Å²) < 4.78 is 1.94. The first-order valence-electron chi connectivity index (χ1n) is 9.02. The van der Waals surface area contributed by atoms with Crippen LogP contribution in [0, 0.1) is 19.8 Å². The number of aryl methyl sites for hydroxylation is 2. The van der Waals surface area contributed by atoms with Crippen LogP contribution in [0.15, 0.2) is 46.0 Å². The van der Waals surface area contributed by atoms with Gasteiger partial charge in [-0.05, 0) is 56.4 Å². The third kappa shape index (κ3) is 3.74. The van der Waals surface area contributed by atoms with E-state index in [2.05, 4.69) is 28.5 Å². The van der Waals surface area contributed by atoms with Crippen LogP contribution < -0.4 is 11.2 Å². The zero-order valence-electron chi connectivity index (χ0n) is 16.2. The molecule has 0 radical (unpaired) electrons. The summed E-state index contributed by atoms with van der Waals surface area (Å²) >= 11 is 0. The van der Waals surface area contributed by atoms with Crippen molar-refractivity contribution in [1.29, 1.82) is 0 Å². The van der Waals surface area contributed by atoms with Gasteiger partial charge in [-0.1, -0.05) is 31.2 Å². The van der Waals surface area contributed by atoms with Gasteiger partial charge in [-0.25, -0.2) is 9.78 Å². The average Bonchev–Trinajstić information content (AvgIpc) is 2.57. The summed E-state index contributed by atoms with van der Waals surface area (Å²) in [5, 5.41) is 0.